The van der Waals surface area contributed by atoms with Crippen molar-refractivity contribution in [2.45, 2.75) is 9.79 Å². The molecule has 60 heavy (non-hydrogen) atoms. The topological polar surface area (TPSA) is 275 Å². The Balaban J connectivity index is 0.00000341. The van der Waals surface area contributed by atoms with Gasteiger partial charge in [0, 0.05) is 38.3 Å². The summed E-state index contributed by atoms with van der Waals surface area (Å²) in [6.07, 6.45) is 2.41. The van der Waals surface area contributed by atoms with Gasteiger partial charge in [0.1, 0.15) is 31.7 Å². The molecule has 294 valence electrons. The van der Waals surface area contributed by atoms with Crippen molar-refractivity contribution < 1.29 is 115 Å². The summed E-state index contributed by atoms with van der Waals surface area (Å²) < 4.78 is 71.0. The van der Waals surface area contributed by atoms with Crippen LogP contribution in [0, 0.1) is 0 Å². The maximum Gasteiger partial charge on any atom is 1.00 e. The van der Waals surface area contributed by atoms with Gasteiger partial charge in [-0.25, -0.2) is 16.8 Å². The summed E-state index contributed by atoms with van der Waals surface area (Å²) in [4.78, 5) is 39.8. The SMILES string of the molecule is O=C1C(NNc2ccc(S(=O)(=O)[O-])c3ccccc23)=CC(CO)=C(O)C1=c1ccc(=C2C=C(CO)C(=O)/C(=N/Nc3ccc(S(=O)(=O)[O-])c4ccccc34)C2=O)cc1.[Na+].[Na+]. The molecular formula is C40H28N4Na2O12S2. The van der Waals surface area contributed by atoms with Crippen LogP contribution in [0.3, 0.4) is 0 Å². The summed E-state index contributed by atoms with van der Waals surface area (Å²) in [5.41, 5.74) is 7.43. The molecule has 2 aliphatic rings. The zero-order valence-corrected chi connectivity index (χ0v) is 37.2. The summed E-state index contributed by atoms with van der Waals surface area (Å²) in [5.74, 6) is -2.96. The minimum absolute atomic E-state index is 0. The minimum Gasteiger partial charge on any atom is -0.744 e. The number of aliphatic hydroxyl groups is 3. The first-order chi connectivity index (χ1) is 27.6. The fraction of sp³-hybridized carbons (Fsp3) is 0.0500. The van der Waals surface area contributed by atoms with E-state index < -0.39 is 72.1 Å². The number of anilines is 2. The van der Waals surface area contributed by atoms with E-state index in [0.29, 0.717) is 11.1 Å². The van der Waals surface area contributed by atoms with Crippen molar-refractivity contribution >= 4 is 87.4 Å². The Bertz CT molecular complexity index is 3120. The molecule has 0 aliphatic heterocycles. The van der Waals surface area contributed by atoms with Crippen LogP contribution in [0.5, 0.6) is 0 Å². The van der Waals surface area contributed by atoms with E-state index in [2.05, 4.69) is 21.4 Å². The van der Waals surface area contributed by atoms with Gasteiger partial charge in [-0.05, 0) is 46.9 Å². The van der Waals surface area contributed by atoms with Crippen LogP contribution in [0.2, 0.25) is 0 Å². The first kappa shape index (κ1) is 46.3. The fourth-order valence-corrected chi connectivity index (χ4v) is 7.93. The summed E-state index contributed by atoms with van der Waals surface area (Å²) in [5, 5.41) is 36.4. The number of nitrogens with one attached hydrogen (secondary N) is 3. The average Bonchev–Trinajstić information content (AvgIpc) is 3.20. The van der Waals surface area contributed by atoms with Gasteiger partial charge in [-0.1, -0.05) is 72.8 Å². The molecule has 5 aromatic carbocycles. The summed E-state index contributed by atoms with van der Waals surface area (Å²) in [6.45, 7) is -1.43. The molecule has 0 saturated carbocycles. The number of fused-ring (bicyclic) bond motifs is 2. The number of hydrogen-bond donors (Lipinski definition) is 6. The monoisotopic (exact) mass is 866 g/mol. The molecule has 20 heteroatoms. The molecule has 6 N–H and O–H groups in total. The van der Waals surface area contributed by atoms with Crippen LogP contribution in [0.15, 0.2) is 147 Å². The molecule has 0 atom stereocenters. The molecule has 0 heterocycles. The van der Waals surface area contributed by atoms with E-state index in [4.69, 9.17) is 0 Å². The number of rotatable bonds is 9. The molecular weight excluding hydrogens is 839 g/mol. The Kier molecular flexibility index (Phi) is 14.2. The normalized spacial score (nSPS) is 15.4. The number of hydrogen-bond acceptors (Lipinski definition) is 16. The van der Waals surface area contributed by atoms with Crippen LogP contribution in [-0.4, -0.2) is 77.5 Å². The number of hydrazine groups is 1. The van der Waals surface area contributed by atoms with Crippen molar-refractivity contribution in [3.05, 3.63) is 142 Å². The first-order valence-corrected chi connectivity index (χ1v) is 19.8. The quantitative estimate of drug-likeness (QED) is 0.0463. The second-order valence-corrected chi connectivity index (χ2v) is 15.5. The van der Waals surface area contributed by atoms with Gasteiger partial charge in [0.2, 0.25) is 17.3 Å². The largest absolute Gasteiger partial charge is 1.00 e. The summed E-state index contributed by atoms with van der Waals surface area (Å²) in [7, 11) is -9.64. The van der Waals surface area contributed by atoms with Crippen LogP contribution in [-0.2, 0) is 34.6 Å². The zero-order chi connectivity index (χ0) is 41.5. The van der Waals surface area contributed by atoms with Gasteiger partial charge in [-0.2, -0.15) is 5.10 Å². The Hall–Kier alpha value is -4.80. The number of carbonyl (C=O) groups excluding carboxylic acids is 3. The third kappa shape index (κ3) is 8.96. The van der Waals surface area contributed by atoms with E-state index in [0.717, 1.165) is 12.1 Å². The van der Waals surface area contributed by atoms with Crippen molar-refractivity contribution in [3.8, 4) is 0 Å². The standard InChI is InChI=1S/C40H30N4O12S2.2Na/c45-19-23-17-29(39(49)36(38(23)48)44-42-31-14-16-34(58(54,55)56)28-8-4-2-6-26(28)31)21-9-11-22(12-10-21)35-37(47)24(20-46)18-32(40(35)50)43-41-30-13-15-33(57(51,52)53)27-7-3-1-5-25(27)30;;/h1-18,41-43,45-47H,19-20H2,(H,51,52,53)(H,54,55,56);;/q;2*+1/p-2/b29-21?,35-22?,44-36-;;. The van der Waals surface area contributed by atoms with Crippen molar-refractivity contribution in [1.29, 1.82) is 0 Å². The summed E-state index contributed by atoms with van der Waals surface area (Å²) >= 11 is 0. The molecule has 0 radical (unpaired) electrons. The van der Waals surface area contributed by atoms with Gasteiger partial charge in [0.05, 0.1) is 40.0 Å². The number of Topliss-reactive ketones (excluding diaryl/α,β-unsaturated/α-hetero) is 3. The molecule has 0 saturated heterocycles. The fourth-order valence-electron chi connectivity index (χ4n) is 6.57. The van der Waals surface area contributed by atoms with E-state index in [9.17, 15) is 55.6 Å². The number of allylic oxidation sites excluding steroid dienone is 3. The van der Waals surface area contributed by atoms with Crippen molar-refractivity contribution in [2.24, 2.45) is 5.10 Å². The molecule has 0 fully saturated rings. The van der Waals surface area contributed by atoms with Gasteiger partial charge in [0.15, 0.2) is 5.71 Å². The third-order valence-electron chi connectivity index (χ3n) is 9.37. The van der Waals surface area contributed by atoms with Gasteiger partial charge in [-0.3, -0.25) is 25.2 Å². The number of nitrogens with zero attached hydrogens (tertiary/aromatic N) is 1. The van der Waals surface area contributed by atoms with Crippen LogP contribution in [0.1, 0.15) is 0 Å². The molecule has 0 amide bonds. The Labute approximate surface area is 385 Å². The predicted octanol–water partition coefficient (Wildman–Crippen LogP) is -4.46. The van der Waals surface area contributed by atoms with Crippen LogP contribution < -0.4 is 85.8 Å². The van der Waals surface area contributed by atoms with Crippen LogP contribution >= 0.6 is 0 Å². The van der Waals surface area contributed by atoms with E-state index in [1.165, 1.54) is 72.8 Å². The van der Waals surface area contributed by atoms with Crippen LogP contribution in [0.4, 0.5) is 11.4 Å². The molecule has 0 bridgehead atoms. The molecule has 2 aliphatic carbocycles. The van der Waals surface area contributed by atoms with Gasteiger partial charge in [0.25, 0.3) is 0 Å². The predicted molar refractivity (Wildman–Crippen MR) is 209 cm³/mol. The van der Waals surface area contributed by atoms with Crippen molar-refractivity contribution in [1.82, 2.24) is 5.43 Å². The maximum absolute atomic E-state index is 13.8. The second-order valence-electron chi connectivity index (χ2n) is 12.8. The molecule has 16 nitrogen and oxygen atoms in total. The van der Waals surface area contributed by atoms with Crippen LogP contribution in [0.25, 0.3) is 32.7 Å². The number of benzene rings is 5. The van der Waals surface area contributed by atoms with E-state index in [1.54, 1.807) is 24.3 Å². The molecule has 0 aromatic heterocycles. The Morgan fingerprint density at radius 3 is 1.63 bits per heavy atom. The molecule has 7 rings (SSSR count). The van der Waals surface area contributed by atoms with Crippen molar-refractivity contribution in [3.63, 3.8) is 0 Å². The number of carbonyl (C=O) groups is 3. The molecule has 0 spiro atoms. The molecule has 0 unspecified atom stereocenters. The minimum atomic E-state index is -4.84. The maximum atomic E-state index is 13.8. The summed E-state index contributed by atoms with van der Waals surface area (Å²) in [6, 6.07) is 22.7. The number of hydrazone groups is 1. The van der Waals surface area contributed by atoms with E-state index in [1.807, 2.05) is 0 Å². The van der Waals surface area contributed by atoms with E-state index in [-0.39, 0.29) is 119 Å². The van der Waals surface area contributed by atoms with Gasteiger partial charge < -0.3 is 29.9 Å². The van der Waals surface area contributed by atoms with Crippen molar-refractivity contribution in [2.75, 3.05) is 24.1 Å². The first-order valence-electron chi connectivity index (χ1n) is 17.0. The van der Waals surface area contributed by atoms with E-state index >= 15 is 0 Å². The van der Waals surface area contributed by atoms with Gasteiger partial charge >= 0.3 is 59.1 Å². The smallest absolute Gasteiger partial charge is 0.744 e. The second kappa shape index (κ2) is 18.4. The third-order valence-corrected chi connectivity index (χ3v) is 11.2. The Morgan fingerprint density at radius 2 is 1.10 bits per heavy atom. The number of aliphatic hydroxyl groups excluding tert-OH is 3. The van der Waals surface area contributed by atoms with Gasteiger partial charge in [-0.15, -0.1) is 0 Å². The Morgan fingerprint density at radius 1 is 0.583 bits per heavy atom. The number of ketones is 3. The zero-order valence-electron chi connectivity index (χ0n) is 31.6. The molecule has 5 aromatic rings. The average molecular weight is 867 g/mol.